The van der Waals surface area contributed by atoms with Gasteiger partial charge in [0.15, 0.2) is 0 Å². The molecule has 0 bridgehead atoms. The summed E-state index contributed by atoms with van der Waals surface area (Å²) >= 11 is 3.33. The van der Waals surface area contributed by atoms with E-state index >= 15 is 0 Å². The molecular formula is C18H16BrNO4. The highest BCUT2D eigenvalue weighted by Gasteiger charge is 2.25. The molecule has 5 nitrogen and oxygen atoms in total. The third kappa shape index (κ3) is 2.67. The van der Waals surface area contributed by atoms with Crippen molar-refractivity contribution < 1.29 is 13.9 Å². The third-order valence-corrected chi connectivity index (χ3v) is 4.51. The standard InChI is InChI=1S/C18H16BrNO4/c1-18(2,3)17(22)24-12-6-4-5-11-13(12)9-7-8-10(20)15(19)14(9)16(21)23-11/h4-8H,20H2,1-3H3. The van der Waals surface area contributed by atoms with Crippen molar-refractivity contribution in [2.24, 2.45) is 5.41 Å². The molecule has 2 aromatic carbocycles. The van der Waals surface area contributed by atoms with Gasteiger partial charge in [-0.05, 0) is 54.9 Å². The lowest BCUT2D eigenvalue weighted by molar-refractivity contribution is -0.142. The zero-order valence-electron chi connectivity index (χ0n) is 13.5. The van der Waals surface area contributed by atoms with Crippen LogP contribution in [-0.4, -0.2) is 5.97 Å². The van der Waals surface area contributed by atoms with Gasteiger partial charge in [-0.25, -0.2) is 4.79 Å². The first kappa shape index (κ1) is 16.5. The zero-order chi connectivity index (χ0) is 17.6. The van der Waals surface area contributed by atoms with Gasteiger partial charge in [0.05, 0.1) is 20.7 Å². The highest BCUT2D eigenvalue weighted by molar-refractivity contribution is 9.10. The van der Waals surface area contributed by atoms with Crippen molar-refractivity contribution in [1.29, 1.82) is 0 Å². The number of carbonyl (C=O) groups excluding carboxylic acids is 1. The number of carbonyl (C=O) groups is 1. The second-order valence-corrected chi connectivity index (χ2v) is 7.34. The summed E-state index contributed by atoms with van der Waals surface area (Å²) in [7, 11) is 0. The Morgan fingerprint density at radius 3 is 2.54 bits per heavy atom. The lowest BCUT2D eigenvalue weighted by atomic mass is 9.97. The van der Waals surface area contributed by atoms with Crippen LogP contribution in [0.3, 0.4) is 0 Å². The second-order valence-electron chi connectivity index (χ2n) is 6.55. The molecule has 1 heterocycles. The molecule has 0 radical (unpaired) electrons. The first-order valence-corrected chi connectivity index (χ1v) is 8.15. The van der Waals surface area contributed by atoms with E-state index in [1.54, 1.807) is 51.1 Å². The lowest BCUT2D eigenvalue weighted by Gasteiger charge is -2.17. The van der Waals surface area contributed by atoms with Crippen LogP contribution in [0.2, 0.25) is 0 Å². The molecule has 0 saturated heterocycles. The molecule has 1 aromatic heterocycles. The lowest BCUT2D eigenvalue weighted by Crippen LogP contribution is -2.25. The Balaban J connectivity index is 2.37. The molecule has 24 heavy (non-hydrogen) atoms. The van der Waals surface area contributed by atoms with Crippen LogP contribution in [0, 0.1) is 5.41 Å². The maximum Gasteiger partial charge on any atom is 0.345 e. The monoisotopic (exact) mass is 389 g/mol. The van der Waals surface area contributed by atoms with Gasteiger partial charge in [0, 0.05) is 11.1 Å². The largest absolute Gasteiger partial charge is 0.425 e. The molecule has 2 N–H and O–H groups in total. The minimum Gasteiger partial charge on any atom is -0.425 e. The van der Waals surface area contributed by atoms with Crippen LogP contribution in [0.25, 0.3) is 21.7 Å². The van der Waals surface area contributed by atoms with E-state index in [1.165, 1.54) is 0 Å². The summed E-state index contributed by atoms with van der Waals surface area (Å²) in [5.74, 6) is -0.0262. The average Bonchev–Trinajstić information content (AvgIpc) is 2.49. The average molecular weight is 390 g/mol. The Kier molecular flexibility index (Phi) is 3.87. The zero-order valence-corrected chi connectivity index (χ0v) is 15.1. The third-order valence-electron chi connectivity index (χ3n) is 3.65. The van der Waals surface area contributed by atoms with Crippen molar-refractivity contribution in [1.82, 2.24) is 0 Å². The van der Waals surface area contributed by atoms with Crippen molar-refractivity contribution in [2.45, 2.75) is 20.8 Å². The van der Waals surface area contributed by atoms with Crippen LogP contribution in [0.5, 0.6) is 5.75 Å². The predicted molar refractivity (Wildman–Crippen MR) is 97.2 cm³/mol. The normalized spacial score (nSPS) is 11.8. The minimum absolute atomic E-state index is 0.321. The molecule has 0 spiro atoms. The molecule has 0 fully saturated rings. The molecule has 0 amide bonds. The maximum atomic E-state index is 12.3. The van der Waals surface area contributed by atoms with Crippen molar-refractivity contribution in [3.63, 3.8) is 0 Å². The van der Waals surface area contributed by atoms with Gasteiger partial charge in [-0.3, -0.25) is 4.79 Å². The van der Waals surface area contributed by atoms with Gasteiger partial charge in [0.1, 0.15) is 11.3 Å². The summed E-state index contributed by atoms with van der Waals surface area (Å²) in [6, 6.07) is 8.43. The summed E-state index contributed by atoms with van der Waals surface area (Å²) in [4.78, 5) is 24.6. The molecule has 3 aromatic rings. The molecule has 3 rings (SSSR count). The van der Waals surface area contributed by atoms with E-state index in [0.717, 1.165) is 0 Å². The van der Waals surface area contributed by atoms with E-state index in [9.17, 15) is 9.59 Å². The van der Waals surface area contributed by atoms with Crippen LogP contribution in [0.1, 0.15) is 20.8 Å². The van der Waals surface area contributed by atoms with Gasteiger partial charge < -0.3 is 14.9 Å². The SMILES string of the molecule is CC(C)(C)C(=O)Oc1cccc2oc(=O)c3c(Br)c(N)ccc3c12. The highest BCUT2D eigenvalue weighted by Crippen LogP contribution is 2.36. The molecule has 0 aliphatic carbocycles. The fourth-order valence-corrected chi connectivity index (χ4v) is 2.86. The van der Waals surface area contributed by atoms with Gasteiger partial charge in [0.25, 0.3) is 0 Å². The number of anilines is 1. The summed E-state index contributed by atoms with van der Waals surface area (Å²) in [5.41, 5.74) is 5.48. The first-order chi connectivity index (χ1) is 11.2. The Bertz CT molecular complexity index is 1030. The number of ether oxygens (including phenoxy) is 1. The summed E-state index contributed by atoms with van der Waals surface area (Å²) < 4.78 is 11.4. The van der Waals surface area contributed by atoms with E-state index in [4.69, 9.17) is 14.9 Å². The number of hydrogen-bond acceptors (Lipinski definition) is 5. The van der Waals surface area contributed by atoms with Crippen LogP contribution in [0.4, 0.5) is 5.69 Å². The molecule has 0 saturated carbocycles. The van der Waals surface area contributed by atoms with Gasteiger partial charge in [-0.15, -0.1) is 0 Å². The highest BCUT2D eigenvalue weighted by atomic mass is 79.9. The molecule has 124 valence electrons. The topological polar surface area (TPSA) is 82.5 Å². The van der Waals surface area contributed by atoms with Crippen LogP contribution in [-0.2, 0) is 4.79 Å². The number of rotatable bonds is 1. The van der Waals surface area contributed by atoms with Gasteiger partial charge in [-0.2, -0.15) is 0 Å². The molecular weight excluding hydrogens is 374 g/mol. The Labute approximate surface area is 146 Å². The molecule has 0 aliphatic heterocycles. The Morgan fingerprint density at radius 2 is 1.88 bits per heavy atom. The van der Waals surface area contributed by atoms with E-state index < -0.39 is 11.0 Å². The van der Waals surface area contributed by atoms with E-state index in [0.29, 0.717) is 37.7 Å². The number of nitrogen functional groups attached to an aromatic ring is 1. The molecule has 0 unspecified atom stereocenters. The quantitative estimate of drug-likeness (QED) is 0.221. The van der Waals surface area contributed by atoms with E-state index in [1.807, 2.05) is 0 Å². The number of fused-ring (bicyclic) bond motifs is 3. The van der Waals surface area contributed by atoms with Crippen molar-refractivity contribution in [3.8, 4) is 5.75 Å². The van der Waals surface area contributed by atoms with Gasteiger partial charge in [0.2, 0.25) is 0 Å². The summed E-state index contributed by atoms with van der Waals surface area (Å²) in [5, 5.41) is 1.49. The predicted octanol–water partition coefficient (Wildman–Crippen LogP) is 4.24. The first-order valence-electron chi connectivity index (χ1n) is 7.36. The van der Waals surface area contributed by atoms with Crippen LogP contribution >= 0.6 is 15.9 Å². The number of benzene rings is 2. The van der Waals surface area contributed by atoms with Crippen molar-refractivity contribution >= 4 is 49.3 Å². The van der Waals surface area contributed by atoms with Crippen LogP contribution < -0.4 is 16.1 Å². The summed E-state index contributed by atoms with van der Waals surface area (Å²) in [6.07, 6.45) is 0. The van der Waals surface area contributed by atoms with E-state index in [-0.39, 0.29) is 5.97 Å². The van der Waals surface area contributed by atoms with E-state index in [2.05, 4.69) is 15.9 Å². The Hall–Kier alpha value is -2.34. The van der Waals surface area contributed by atoms with Crippen molar-refractivity contribution in [3.05, 3.63) is 45.2 Å². The number of nitrogens with two attached hydrogens (primary N) is 1. The number of hydrogen-bond donors (Lipinski definition) is 1. The van der Waals surface area contributed by atoms with Crippen LogP contribution in [0.15, 0.2) is 44.0 Å². The molecule has 0 atom stereocenters. The van der Waals surface area contributed by atoms with Crippen molar-refractivity contribution in [2.75, 3.05) is 5.73 Å². The van der Waals surface area contributed by atoms with Gasteiger partial charge in [-0.1, -0.05) is 12.1 Å². The van der Waals surface area contributed by atoms with Gasteiger partial charge >= 0.3 is 11.6 Å². The minimum atomic E-state index is -0.654. The molecule has 0 aliphatic rings. The number of halogens is 1. The number of esters is 1. The smallest absolute Gasteiger partial charge is 0.345 e. The molecule has 6 heteroatoms. The fourth-order valence-electron chi connectivity index (χ4n) is 2.35. The second kappa shape index (κ2) is 5.63. The summed E-state index contributed by atoms with van der Waals surface area (Å²) in [6.45, 7) is 5.32. The maximum absolute atomic E-state index is 12.3. The Morgan fingerprint density at radius 1 is 1.17 bits per heavy atom. The fraction of sp³-hybridized carbons (Fsp3) is 0.222.